The van der Waals surface area contributed by atoms with Crippen LogP contribution in [0.4, 0.5) is 0 Å². The highest BCUT2D eigenvalue weighted by atomic mass is 35.5. The summed E-state index contributed by atoms with van der Waals surface area (Å²) in [5, 5.41) is 0. The number of carbonyl (C=O) groups is 1. The molecule has 0 rings (SSSR count). The molecule has 3 nitrogen and oxygen atoms in total. The topological polar surface area (TPSA) is 52.3 Å². The Bertz CT molecular complexity index is 161. The van der Waals surface area contributed by atoms with E-state index in [1.165, 1.54) is 7.11 Å². The summed E-state index contributed by atoms with van der Waals surface area (Å²) in [6, 6.07) is 0. The lowest BCUT2D eigenvalue weighted by Crippen LogP contribution is -2.55. The van der Waals surface area contributed by atoms with Crippen LogP contribution in [0.25, 0.3) is 0 Å². The predicted octanol–water partition coefficient (Wildman–Crippen LogP) is 1.34. The van der Waals surface area contributed by atoms with Gasteiger partial charge in [0.05, 0.1) is 7.11 Å². The zero-order valence-electron chi connectivity index (χ0n) is 8.30. The number of methoxy groups -OCH3 is 1. The first kappa shape index (κ1) is 14.3. The summed E-state index contributed by atoms with van der Waals surface area (Å²) in [6.45, 7) is 7.40. The maximum Gasteiger partial charge on any atom is 0.326 e. The van der Waals surface area contributed by atoms with E-state index in [9.17, 15) is 4.79 Å². The van der Waals surface area contributed by atoms with E-state index in [-0.39, 0.29) is 23.8 Å². The molecule has 0 aliphatic carbocycles. The molecule has 1 unspecified atom stereocenters. The van der Waals surface area contributed by atoms with Gasteiger partial charge in [0.2, 0.25) is 0 Å². The van der Waals surface area contributed by atoms with Crippen LogP contribution in [-0.4, -0.2) is 18.6 Å². The molecule has 0 amide bonds. The molecule has 0 fully saturated rings. The quantitative estimate of drug-likeness (QED) is 0.643. The molecule has 0 heterocycles. The average molecular weight is 196 g/mol. The Morgan fingerprint density at radius 3 is 1.67 bits per heavy atom. The van der Waals surface area contributed by atoms with Gasteiger partial charge in [0.25, 0.3) is 0 Å². The van der Waals surface area contributed by atoms with E-state index in [1.807, 2.05) is 20.8 Å². The van der Waals surface area contributed by atoms with Gasteiger partial charge in [-0.3, -0.25) is 4.79 Å². The van der Waals surface area contributed by atoms with Crippen molar-refractivity contribution in [3.63, 3.8) is 0 Å². The molecule has 0 aliphatic heterocycles. The van der Waals surface area contributed by atoms with Crippen molar-refractivity contribution in [1.82, 2.24) is 0 Å². The SMILES string of the molecule is COC(=O)C(C)(N)C(C)(C)C.Cl. The summed E-state index contributed by atoms with van der Waals surface area (Å²) in [5.74, 6) is -0.370. The number of carbonyl (C=O) groups excluding carboxylic acids is 1. The summed E-state index contributed by atoms with van der Waals surface area (Å²) in [7, 11) is 1.35. The molecule has 0 aromatic heterocycles. The second kappa shape index (κ2) is 4.10. The minimum atomic E-state index is -0.915. The Labute approximate surface area is 80.1 Å². The van der Waals surface area contributed by atoms with Crippen LogP contribution >= 0.6 is 12.4 Å². The first-order chi connectivity index (χ1) is 4.73. The van der Waals surface area contributed by atoms with E-state index >= 15 is 0 Å². The molecule has 12 heavy (non-hydrogen) atoms. The lowest BCUT2D eigenvalue weighted by molar-refractivity contribution is -0.150. The van der Waals surface area contributed by atoms with Gasteiger partial charge in [0.1, 0.15) is 5.54 Å². The van der Waals surface area contributed by atoms with E-state index in [1.54, 1.807) is 6.92 Å². The van der Waals surface area contributed by atoms with Gasteiger partial charge in [-0.1, -0.05) is 20.8 Å². The molecule has 0 saturated heterocycles. The Balaban J connectivity index is 0. The van der Waals surface area contributed by atoms with E-state index in [2.05, 4.69) is 4.74 Å². The summed E-state index contributed by atoms with van der Waals surface area (Å²) < 4.78 is 4.58. The third-order valence-corrected chi connectivity index (χ3v) is 2.17. The molecule has 0 saturated carbocycles. The molecule has 0 spiro atoms. The molecule has 2 N–H and O–H groups in total. The maximum absolute atomic E-state index is 11.1. The monoisotopic (exact) mass is 195 g/mol. The van der Waals surface area contributed by atoms with Gasteiger partial charge in [-0.05, 0) is 12.3 Å². The number of ether oxygens (including phenoxy) is 1. The van der Waals surface area contributed by atoms with E-state index in [0.717, 1.165) is 0 Å². The standard InChI is InChI=1S/C8H17NO2.ClH/c1-7(2,3)8(4,9)6(10)11-5;/h9H2,1-5H3;1H. The summed E-state index contributed by atoms with van der Waals surface area (Å²) in [4.78, 5) is 11.1. The molecule has 0 aliphatic rings. The fraction of sp³-hybridized carbons (Fsp3) is 0.875. The number of halogens is 1. The second-order valence-electron chi connectivity index (χ2n) is 3.94. The van der Waals surface area contributed by atoms with E-state index in [0.29, 0.717) is 0 Å². The fourth-order valence-electron chi connectivity index (χ4n) is 0.518. The molecule has 0 radical (unpaired) electrons. The van der Waals surface area contributed by atoms with Gasteiger partial charge >= 0.3 is 5.97 Å². The van der Waals surface area contributed by atoms with Crippen molar-refractivity contribution < 1.29 is 9.53 Å². The molecule has 74 valence electrons. The van der Waals surface area contributed by atoms with Crippen molar-refractivity contribution in [2.24, 2.45) is 11.1 Å². The Kier molecular flexibility index (Phi) is 4.87. The molecule has 1 atom stereocenters. The molecule has 0 aromatic carbocycles. The van der Waals surface area contributed by atoms with Gasteiger partial charge in [-0.2, -0.15) is 0 Å². The van der Waals surface area contributed by atoms with Crippen molar-refractivity contribution >= 4 is 18.4 Å². The Morgan fingerprint density at radius 1 is 1.25 bits per heavy atom. The number of esters is 1. The lowest BCUT2D eigenvalue weighted by Gasteiger charge is -2.35. The van der Waals surface area contributed by atoms with Crippen LogP contribution in [0.1, 0.15) is 27.7 Å². The zero-order chi connectivity index (χ0) is 9.28. The number of hydrogen-bond acceptors (Lipinski definition) is 3. The molecular weight excluding hydrogens is 178 g/mol. The molecular formula is C8H18ClNO2. The Morgan fingerprint density at radius 2 is 1.58 bits per heavy atom. The zero-order valence-corrected chi connectivity index (χ0v) is 9.12. The summed E-state index contributed by atoms with van der Waals surface area (Å²) in [6.07, 6.45) is 0. The highest BCUT2D eigenvalue weighted by molar-refractivity contribution is 5.85. The van der Waals surface area contributed by atoms with Gasteiger partial charge in [0.15, 0.2) is 0 Å². The van der Waals surface area contributed by atoms with Crippen molar-refractivity contribution in [3.05, 3.63) is 0 Å². The molecule has 4 heteroatoms. The van der Waals surface area contributed by atoms with Gasteiger partial charge < -0.3 is 10.5 Å². The van der Waals surface area contributed by atoms with Crippen molar-refractivity contribution in [2.75, 3.05) is 7.11 Å². The third kappa shape index (κ3) is 2.64. The van der Waals surface area contributed by atoms with E-state index in [4.69, 9.17) is 5.73 Å². The average Bonchev–Trinajstić information content (AvgIpc) is 1.83. The van der Waals surface area contributed by atoms with Gasteiger partial charge in [0, 0.05) is 0 Å². The molecule has 0 aromatic rings. The van der Waals surface area contributed by atoms with Crippen LogP contribution in [0, 0.1) is 5.41 Å². The van der Waals surface area contributed by atoms with Gasteiger partial charge in [-0.25, -0.2) is 0 Å². The second-order valence-corrected chi connectivity index (χ2v) is 3.94. The number of rotatable bonds is 1. The lowest BCUT2D eigenvalue weighted by atomic mass is 9.76. The van der Waals surface area contributed by atoms with Crippen LogP contribution in [0.15, 0.2) is 0 Å². The van der Waals surface area contributed by atoms with Crippen LogP contribution < -0.4 is 5.73 Å². The van der Waals surface area contributed by atoms with Crippen molar-refractivity contribution in [3.8, 4) is 0 Å². The summed E-state index contributed by atoms with van der Waals surface area (Å²) >= 11 is 0. The normalized spacial score (nSPS) is 15.8. The predicted molar refractivity (Wildman–Crippen MR) is 51.3 cm³/mol. The minimum Gasteiger partial charge on any atom is -0.468 e. The minimum absolute atomic E-state index is 0. The van der Waals surface area contributed by atoms with E-state index < -0.39 is 5.54 Å². The van der Waals surface area contributed by atoms with Crippen molar-refractivity contribution in [2.45, 2.75) is 33.2 Å². The van der Waals surface area contributed by atoms with Crippen LogP contribution in [-0.2, 0) is 9.53 Å². The summed E-state index contributed by atoms with van der Waals surface area (Å²) in [5.41, 5.74) is 4.58. The number of nitrogens with two attached hydrogens (primary N) is 1. The fourth-order valence-corrected chi connectivity index (χ4v) is 0.518. The van der Waals surface area contributed by atoms with Crippen molar-refractivity contribution in [1.29, 1.82) is 0 Å². The van der Waals surface area contributed by atoms with Crippen LogP contribution in [0.3, 0.4) is 0 Å². The Hall–Kier alpha value is -0.280. The first-order valence-corrected chi connectivity index (χ1v) is 3.61. The van der Waals surface area contributed by atoms with Crippen LogP contribution in [0.5, 0.6) is 0 Å². The maximum atomic E-state index is 11.1. The smallest absolute Gasteiger partial charge is 0.326 e. The highest BCUT2D eigenvalue weighted by Crippen LogP contribution is 2.28. The largest absolute Gasteiger partial charge is 0.468 e. The first-order valence-electron chi connectivity index (χ1n) is 3.61. The van der Waals surface area contributed by atoms with Gasteiger partial charge in [-0.15, -0.1) is 12.4 Å². The number of hydrogen-bond donors (Lipinski definition) is 1. The third-order valence-electron chi connectivity index (χ3n) is 2.17. The highest BCUT2D eigenvalue weighted by Gasteiger charge is 2.41. The molecule has 0 bridgehead atoms. The van der Waals surface area contributed by atoms with Crippen LogP contribution in [0.2, 0.25) is 0 Å².